The lowest BCUT2D eigenvalue weighted by Gasteiger charge is -2.11. The van der Waals surface area contributed by atoms with Crippen molar-refractivity contribution in [2.45, 2.75) is 31.7 Å². The first-order valence-corrected chi connectivity index (χ1v) is 6.41. The summed E-state index contributed by atoms with van der Waals surface area (Å²) in [5.41, 5.74) is 0.992. The van der Waals surface area contributed by atoms with Crippen LogP contribution in [-0.2, 0) is 11.2 Å². The second-order valence-electron chi connectivity index (χ2n) is 4.53. The third kappa shape index (κ3) is 2.98. The fourth-order valence-electron chi connectivity index (χ4n) is 1.53. The summed E-state index contributed by atoms with van der Waals surface area (Å²) in [6, 6.07) is 5.59. The molecule has 1 aliphatic rings. The van der Waals surface area contributed by atoms with Crippen molar-refractivity contribution in [1.82, 2.24) is 5.32 Å². The monoisotopic (exact) mass is 301 g/mol. The maximum Gasteiger partial charge on any atom is 0.224 e. The molecule has 0 radical (unpaired) electrons. The predicted octanol–water partition coefficient (Wildman–Crippen LogP) is 3.31. The van der Waals surface area contributed by atoms with Gasteiger partial charge in [-0.3, -0.25) is 4.79 Å². The molecule has 86 valence electrons. The maximum atomic E-state index is 11.7. The van der Waals surface area contributed by atoms with Crippen LogP contribution >= 0.6 is 27.5 Å². The summed E-state index contributed by atoms with van der Waals surface area (Å²) >= 11 is 9.29. The average molecular weight is 303 g/mol. The second kappa shape index (κ2) is 4.38. The van der Waals surface area contributed by atoms with Crippen molar-refractivity contribution < 1.29 is 4.79 Å². The molecule has 0 bridgehead atoms. The van der Waals surface area contributed by atoms with E-state index in [-0.39, 0.29) is 11.4 Å². The molecule has 0 heterocycles. The average Bonchev–Trinajstić information content (AvgIpc) is 2.89. The van der Waals surface area contributed by atoms with Crippen molar-refractivity contribution in [3.05, 3.63) is 33.3 Å². The van der Waals surface area contributed by atoms with Gasteiger partial charge < -0.3 is 5.32 Å². The molecule has 16 heavy (non-hydrogen) atoms. The number of halogens is 2. The molecule has 0 aromatic heterocycles. The van der Waals surface area contributed by atoms with Gasteiger partial charge in [-0.15, -0.1) is 0 Å². The standard InChI is InChI=1S/C12H13BrClNO/c1-12(4-5-12)15-11(16)7-8-2-3-9(13)10(14)6-8/h2-3,6H,4-5,7H2,1H3,(H,15,16). The maximum absolute atomic E-state index is 11.7. The van der Waals surface area contributed by atoms with Crippen LogP contribution in [0, 0.1) is 0 Å². The van der Waals surface area contributed by atoms with Crippen LogP contribution < -0.4 is 5.32 Å². The Morgan fingerprint density at radius 3 is 2.81 bits per heavy atom. The number of rotatable bonds is 3. The van der Waals surface area contributed by atoms with Gasteiger partial charge in [0.2, 0.25) is 5.91 Å². The second-order valence-corrected chi connectivity index (χ2v) is 5.80. The van der Waals surface area contributed by atoms with Gasteiger partial charge in [0.15, 0.2) is 0 Å². The van der Waals surface area contributed by atoms with E-state index >= 15 is 0 Å². The molecular formula is C12H13BrClNO. The summed E-state index contributed by atoms with van der Waals surface area (Å²) in [7, 11) is 0. The van der Waals surface area contributed by atoms with E-state index < -0.39 is 0 Å². The first-order chi connectivity index (χ1) is 7.48. The summed E-state index contributed by atoms with van der Waals surface area (Å²) in [5.74, 6) is 0.0680. The molecule has 0 spiro atoms. The largest absolute Gasteiger partial charge is 0.351 e. The number of hydrogen-bond acceptors (Lipinski definition) is 1. The molecule has 0 aliphatic heterocycles. The molecule has 0 saturated heterocycles. The fourth-order valence-corrected chi connectivity index (χ4v) is 1.98. The zero-order valence-electron chi connectivity index (χ0n) is 9.02. The fraction of sp³-hybridized carbons (Fsp3) is 0.417. The normalized spacial score (nSPS) is 16.9. The van der Waals surface area contributed by atoms with Gasteiger partial charge in [0.25, 0.3) is 0 Å². The van der Waals surface area contributed by atoms with Crippen LogP contribution in [0.5, 0.6) is 0 Å². The number of nitrogens with one attached hydrogen (secondary N) is 1. The van der Waals surface area contributed by atoms with Crippen LogP contribution in [-0.4, -0.2) is 11.4 Å². The van der Waals surface area contributed by atoms with E-state index in [9.17, 15) is 4.79 Å². The first kappa shape index (κ1) is 11.9. The van der Waals surface area contributed by atoms with Crippen LogP contribution in [0.15, 0.2) is 22.7 Å². The van der Waals surface area contributed by atoms with Crippen LogP contribution in [0.3, 0.4) is 0 Å². The molecule has 2 rings (SSSR count). The quantitative estimate of drug-likeness (QED) is 0.912. The molecule has 1 saturated carbocycles. The van der Waals surface area contributed by atoms with E-state index in [0.29, 0.717) is 11.4 Å². The van der Waals surface area contributed by atoms with Gasteiger partial charge in [-0.05, 0) is 53.4 Å². The van der Waals surface area contributed by atoms with Crippen molar-refractivity contribution in [3.63, 3.8) is 0 Å². The molecule has 1 amide bonds. The van der Waals surface area contributed by atoms with Crippen molar-refractivity contribution in [3.8, 4) is 0 Å². The lowest BCUT2D eigenvalue weighted by molar-refractivity contribution is -0.121. The number of hydrogen-bond donors (Lipinski definition) is 1. The molecule has 1 aromatic carbocycles. The Bertz CT molecular complexity index is 429. The SMILES string of the molecule is CC1(NC(=O)Cc2ccc(Br)c(Cl)c2)CC1. The third-order valence-corrected chi connectivity index (χ3v) is 4.02. The molecule has 1 N–H and O–H groups in total. The Labute approximate surface area is 108 Å². The Morgan fingerprint density at radius 2 is 2.25 bits per heavy atom. The Hall–Kier alpha value is -0.540. The molecular weight excluding hydrogens is 289 g/mol. The number of carbonyl (C=O) groups excluding carboxylic acids is 1. The lowest BCUT2D eigenvalue weighted by Crippen LogP contribution is -2.35. The minimum absolute atomic E-state index is 0.0518. The smallest absolute Gasteiger partial charge is 0.224 e. The summed E-state index contributed by atoms with van der Waals surface area (Å²) in [5, 5.41) is 3.66. The van der Waals surface area contributed by atoms with Gasteiger partial charge in [-0.25, -0.2) is 0 Å². The lowest BCUT2D eigenvalue weighted by atomic mass is 10.1. The highest BCUT2D eigenvalue weighted by molar-refractivity contribution is 9.10. The predicted molar refractivity (Wildman–Crippen MR) is 68.6 cm³/mol. The summed E-state index contributed by atoms with van der Waals surface area (Å²) in [4.78, 5) is 11.7. The number of carbonyl (C=O) groups is 1. The molecule has 4 heteroatoms. The van der Waals surface area contributed by atoms with Gasteiger partial charge in [0.05, 0.1) is 11.4 Å². The van der Waals surface area contributed by atoms with Crippen molar-refractivity contribution in [2.24, 2.45) is 0 Å². The molecule has 0 unspecified atom stereocenters. The van der Waals surface area contributed by atoms with Crippen molar-refractivity contribution in [1.29, 1.82) is 0 Å². The highest BCUT2D eigenvalue weighted by Crippen LogP contribution is 2.34. The van der Waals surface area contributed by atoms with Crippen LogP contribution in [0.1, 0.15) is 25.3 Å². The molecule has 1 aromatic rings. The minimum Gasteiger partial charge on any atom is -0.351 e. The minimum atomic E-state index is 0.0518. The van der Waals surface area contributed by atoms with Gasteiger partial charge in [-0.1, -0.05) is 17.7 Å². The van der Waals surface area contributed by atoms with E-state index in [1.807, 2.05) is 18.2 Å². The summed E-state index contributed by atoms with van der Waals surface area (Å²) in [6.45, 7) is 2.07. The molecule has 0 atom stereocenters. The Morgan fingerprint density at radius 1 is 1.56 bits per heavy atom. The number of amides is 1. The topological polar surface area (TPSA) is 29.1 Å². The van der Waals surface area contributed by atoms with E-state index in [0.717, 1.165) is 22.9 Å². The highest BCUT2D eigenvalue weighted by atomic mass is 79.9. The van der Waals surface area contributed by atoms with Crippen LogP contribution in [0.25, 0.3) is 0 Å². The molecule has 2 nitrogen and oxygen atoms in total. The van der Waals surface area contributed by atoms with Crippen molar-refractivity contribution >= 4 is 33.4 Å². The van der Waals surface area contributed by atoms with E-state index in [1.54, 1.807) is 0 Å². The van der Waals surface area contributed by atoms with E-state index in [4.69, 9.17) is 11.6 Å². The van der Waals surface area contributed by atoms with Gasteiger partial charge in [0, 0.05) is 10.0 Å². The van der Waals surface area contributed by atoms with E-state index in [2.05, 4.69) is 28.2 Å². The van der Waals surface area contributed by atoms with E-state index in [1.165, 1.54) is 0 Å². The number of benzene rings is 1. The van der Waals surface area contributed by atoms with Gasteiger partial charge >= 0.3 is 0 Å². The zero-order chi connectivity index (χ0) is 11.8. The summed E-state index contributed by atoms with van der Waals surface area (Å²) < 4.78 is 0.854. The van der Waals surface area contributed by atoms with Crippen molar-refractivity contribution in [2.75, 3.05) is 0 Å². The Kier molecular flexibility index (Phi) is 3.27. The van der Waals surface area contributed by atoms with Gasteiger partial charge in [0.1, 0.15) is 0 Å². The first-order valence-electron chi connectivity index (χ1n) is 5.23. The molecule has 1 fully saturated rings. The third-order valence-electron chi connectivity index (χ3n) is 2.79. The van der Waals surface area contributed by atoms with Crippen LogP contribution in [0.2, 0.25) is 5.02 Å². The molecule has 1 aliphatic carbocycles. The van der Waals surface area contributed by atoms with Gasteiger partial charge in [-0.2, -0.15) is 0 Å². The summed E-state index contributed by atoms with van der Waals surface area (Å²) in [6.07, 6.45) is 2.56. The van der Waals surface area contributed by atoms with Crippen LogP contribution in [0.4, 0.5) is 0 Å². The Balaban J connectivity index is 1.97. The highest BCUT2D eigenvalue weighted by Gasteiger charge is 2.38. The zero-order valence-corrected chi connectivity index (χ0v) is 11.4.